The Balaban J connectivity index is 1.40. The van der Waals surface area contributed by atoms with E-state index in [4.69, 9.17) is 14.2 Å². The Morgan fingerprint density at radius 2 is 1.97 bits per heavy atom. The molecule has 30 heavy (non-hydrogen) atoms. The average molecular weight is 410 g/mol. The van der Waals surface area contributed by atoms with Crippen molar-refractivity contribution in [3.8, 4) is 17.2 Å². The molecule has 0 saturated carbocycles. The maximum absolute atomic E-state index is 13.0. The van der Waals surface area contributed by atoms with Gasteiger partial charge in [0, 0.05) is 31.0 Å². The number of ether oxygens (including phenoxy) is 3. The number of rotatable bonds is 5. The molecule has 1 amide bonds. The van der Waals surface area contributed by atoms with Gasteiger partial charge in [-0.05, 0) is 50.5 Å². The van der Waals surface area contributed by atoms with Crippen molar-refractivity contribution in [1.29, 1.82) is 0 Å². The van der Waals surface area contributed by atoms with E-state index >= 15 is 0 Å². The second kappa shape index (κ2) is 8.58. The molecular formula is C25H31NO4. The number of hydrogen-bond acceptors (Lipinski definition) is 4. The summed E-state index contributed by atoms with van der Waals surface area (Å²) in [5, 5.41) is 0. The summed E-state index contributed by atoms with van der Waals surface area (Å²) in [5.41, 5.74) is 2.16. The van der Waals surface area contributed by atoms with Crippen LogP contribution in [0.3, 0.4) is 0 Å². The van der Waals surface area contributed by atoms with Gasteiger partial charge in [-0.1, -0.05) is 30.7 Å². The molecule has 2 aliphatic rings. The van der Waals surface area contributed by atoms with Gasteiger partial charge in [-0.15, -0.1) is 0 Å². The van der Waals surface area contributed by atoms with Gasteiger partial charge in [-0.25, -0.2) is 0 Å². The number of amides is 1. The van der Waals surface area contributed by atoms with Crippen LogP contribution in [0.1, 0.15) is 50.2 Å². The summed E-state index contributed by atoms with van der Waals surface area (Å²) in [5.74, 6) is 2.67. The number of nitrogens with zero attached hydrogens (tertiary/aromatic N) is 1. The predicted molar refractivity (Wildman–Crippen MR) is 117 cm³/mol. The molecule has 2 aliphatic heterocycles. The van der Waals surface area contributed by atoms with Gasteiger partial charge in [0.15, 0.2) is 18.1 Å². The number of para-hydroxylation sites is 1. The minimum absolute atomic E-state index is 0.0327. The van der Waals surface area contributed by atoms with E-state index in [1.807, 2.05) is 29.2 Å². The smallest absolute Gasteiger partial charge is 0.260 e. The molecule has 0 bridgehead atoms. The number of benzene rings is 2. The summed E-state index contributed by atoms with van der Waals surface area (Å²) in [4.78, 5) is 14.9. The highest BCUT2D eigenvalue weighted by Crippen LogP contribution is 2.41. The van der Waals surface area contributed by atoms with Crippen molar-refractivity contribution >= 4 is 5.91 Å². The lowest BCUT2D eigenvalue weighted by Gasteiger charge is -2.25. The van der Waals surface area contributed by atoms with Crippen LogP contribution in [-0.2, 0) is 11.2 Å². The number of likely N-dealkylation sites (tertiary alicyclic amines) is 1. The van der Waals surface area contributed by atoms with Crippen molar-refractivity contribution in [2.24, 2.45) is 0 Å². The van der Waals surface area contributed by atoms with Crippen LogP contribution in [-0.4, -0.2) is 43.2 Å². The Morgan fingerprint density at radius 1 is 1.17 bits per heavy atom. The van der Waals surface area contributed by atoms with Gasteiger partial charge in [0.05, 0.1) is 7.11 Å². The van der Waals surface area contributed by atoms with Gasteiger partial charge in [-0.2, -0.15) is 0 Å². The molecule has 1 saturated heterocycles. The fraction of sp³-hybridized carbons (Fsp3) is 0.480. The van der Waals surface area contributed by atoms with Gasteiger partial charge in [0.1, 0.15) is 11.4 Å². The van der Waals surface area contributed by atoms with Crippen LogP contribution in [0, 0.1) is 0 Å². The lowest BCUT2D eigenvalue weighted by atomic mass is 9.94. The first-order valence-corrected chi connectivity index (χ1v) is 10.8. The monoisotopic (exact) mass is 409 g/mol. The zero-order chi connectivity index (χ0) is 21.1. The molecule has 2 aromatic rings. The third kappa shape index (κ3) is 4.55. The second-order valence-electron chi connectivity index (χ2n) is 8.88. The van der Waals surface area contributed by atoms with Crippen molar-refractivity contribution in [2.45, 2.75) is 51.0 Å². The highest BCUT2D eigenvalue weighted by Gasteiger charge is 2.32. The van der Waals surface area contributed by atoms with E-state index in [9.17, 15) is 4.79 Å². The van der Waals surface area contributed by atoms with Gasteiger partial charge < -0.3 is 19.1 Å². The molecule has 0 spiro atoms. The van der Waals surface area contributed by atoms with Crippen molar-refractivity contribution in [1.82, 2.24) is 4.90 Å². The Bertz CT molecular complexity index is 891. The number of carbonyl (C=O) groups is 1. The van der Waals surface area contributed by atoms with Crippen LogP contribution in [0.15, 0.2) is 42.5 Å². The van der Waals surface area contributed by atoms with E-state index in [1.165, 1.54) is 5.56 Å². The third-order valence-corrected chi connectivity index (χ3v) is 6.02. The van der Waals surface area contributed by atoms with Crippen molar-refractivity contribution < 1.29 is 19.0 Å². The summed E-state index contributed by atoms with van der Waals surface area (Å²) in [6.07, 6.45) is 4.09. The first-order chi connectivity index (χ1) is 14.4. The van der Waals surface area contributed by atoms with Crippen molar-refractivity contribution in [3.05, 3.63) is 53.6 Å². The molecule has 160 valence electrons. The van der Waals surface area contributed by atoms with Gasteiger partial charge in [-0.3, -0.25) is 4.79 Å². The molecule has 0 radical (unpaired) electrons. The molecule has 5 nitrogen and oxygen atoms in total. The van der Waals surface area contributed by atoms with Gasteiger partial charge >= 0.3 is 0 Å². The van der Waals surface area contributed by atoms with Crippen LogP contribution < -0.4 is 14.2 Å². The topological polar surface area (TPSA) is 48.0 Å². The molecule has 5 heteroatoms. The van der Waals surface area contributed by atoms with Gasteiger partial charge in [0.2, 0.25) is 0 Å². The summed E-state index contributed by atoms with van der Waals surface area (Å²) in [6, 6.07) is 14.1. The second-order valence-corrected chi connectivity index (χ2v) is 8.88. The number of carbonyl (C=O) groups excluding carboxylic acids is 1. The van der Waals surface area contributed by atoms with Crippen molar-refractivity contribution in [3.63, 3.8) is 0 Å². The van der Waals surface area contributed by atoms with E-state index in [0.29, 0.717) is 11.7 Å². The lowest BCUT2D eigenvalue weighted by Crippen LogP contribution is -2.37. The molecule has 0 aromatic heterocycles. The Morgan fingerprint density at radius 3 is 2.73 bits per heavy atom. The van der Waals surface area contributed by atoms with Gasteiger partial charge in [0.25, 0.3) is 5.91 Å². The highest BCUT2D eigenvalue weighted by molar-refractivity contribution is 5.78. The minimum atomic E-state index is -0.234. The molecule has 4 rings (SSSR count). The highest BCUT2D eigenvalue weighted by atomic mass is 16.5. The quantitative estimate of drug-likeness (QED) is 0.725. The van der Waals surface area contributed by atoms with E-state index in [1.54, 1.807) is 7.11 Å². The first kappa shape index (κ1) is 20.6. The molecule has 0 N–H and O–H groups in total. The molecule has 2 heterocycles. The Labute approximate surface area is 178 Å². The van der Waals surface area contributed by atoms with E-state index in [2.05, 4.69) is 32.0 Å². The van der Waals surface area contributed by atoms with Crippen LogP contribution in [0.2, 0.25) is 0 Å². The Kier molecular flexibility index (Phi) is 5.89. The number of hydrogen-bond donors (Lipinski definition) is 0. The largest absolute Gasteiger partial charge is 0.497 e. The van der Waals surface area contributed by atoms with Crippen LogP contribution in [0.25, 0.3) is 0 Å². The predicted octanol–water partition coefficient (Wildman–Crippen LogP) is 4.58. The zero-order valence-electron chi connectivity index (χ0n) is 18.1. The van der Waals surface area contributed by atoms with E-state index < -0.39 is 0 Å². The zero-order valence-corrected chi connectivity index (χ0v) is 18.1. The standard InChI is InChI=1S/C25H31NO4/c1-25(2)15-19-8-6-9-22(24(19)30-25)29-17-23(27)26-14-5-4-7-20(16-26)18-10-12-21(28-3)13-11-18/h6,8-13,20H,4-5,7,14-17H2,1-3H3. The first-order valence-electron chi connectivity index (χ1n) is 10.8. The van der Waals surface area contributed by atoms with Crippen LogP contribution in [0.5, 0.6) is 17.2 Å². The Hall–Kier alpha value is -2.69. The fourth-order valence-corrected chi connectivity index (χ4v) is 4.45. The van der Waals surface area contributed by atoms with Crippen LogP contribution in [0.4, 0.5) is 0 Å². The summed E-state index contributed by atoms with van der Waals surface area (Å²) >= 11 is 0. The number of methoxy groups -OCH3 is 1. The van der Waals surface area contributed by atoms with Crippen molar-refractivity contribution in [2.75, 3.05) is 26.8 Å². The normalized spacial score (nSPS) is 20.1. The number of fused-ring (bicyclic) bond motifs is 1. The molecule has 1 atom stereocenters. The molecule has 1 unspecified atom stereocenters. The lowest BCUT2D eigenvalue weighted by molar-refractivity contribution is -0.133. The summed E-state index contributed by atoms with van der Waals surface area (Å²) in [6.45, 7) is 5.68. The maximum Gasteiger partial charge on any atom is 0.260 e. The molecular weight excluding hydrogens is 378 g/mol. The molecule has 0 aliphatic carbocycles. The molecule has 1 fully saturated rings. The van der Waals surface area contributed by atoms with E-state index in [-0.39, 0.29) is 18.1 Å². The summed E-state index contributed by atoms with van der Waals surface area (Å²) in [7, 11) is 1.68. The maximum atomic E-state index is 13.0. The summed E-state index contributed by atoms with van der Waals surface area (Å²) < 4.78 is 17.3. The van der Waals surface area contributed by atoms with E-state index in [0.717, 1.165) is 55.8 Å². The SMILES string of the molecule is COc1ccc(C2CCCCN(C(=O)COc3cccc4c3OC(C)(C)C4)C2)cc1. The molecule has 2 aromatic carbocycles. The minimum Gasteiger partial charge on any atom is -0.497 e. The third-order valence-electron chi connectivity index (χ3n) is 6.02. The average Bonchev–Trinajstić information content (AvgIpc) is 2.91. The fourth-order valence-electron chi connectivity index (χ4n) is 4.45. The van der Waals surface area contributed by atoms with Crippen LogP contribution >= 0.6 is 0 Å².